The summed E-state index contributed by atoms with van der Waals surface area (Å²) in [6, 6.07) is 12.9. The lowest BCUT2D eigenvalue weighted by Gasteiger charge is -2.14. The molecule has 2 rings (SSSR count). The van der Waals surface area contributed by atoms with E-state index in [1.165, 1.54) is 0 Å². The number of ether oxygens (including phenoxy) is 1. The van der Waals surface area contributed by atoms with Crippen LogP contribution >= 0.6 is 11.6 Å². The van der Waals surface area contributed by atoms with Crippen LogP contribution in [0, 0.1) is 12.8 Å². The molecule has 21 heavy (non-hydrogen) atoms. The van der Waals surface area contributed by atoms with Gasteiger partial charge in [-0.3, -0.25) is 4.79 Å². The molecular formula is C17H18ClNO2. The van der Waals surface area contributed by atoms with E-state index in [4.69, 9.17) is 16.3 Å². The zero-order valence-corrected chi connectivity index (χ0v) is 13.1. The molecule has 0 heterocycles. The van der Waals surface area contributed by atoms with Crippen LogP contribution in [-0.4, -0.2) is 5.91 Å². The van der Waals surface area contributed by atoms with E-state index in [0.717, 1.165) is 5.56 Å². The van der Waals surface area contributed by atoms with Crippen molar-refractivity contribution in [3.63, 3.8) is 0 Å². The van der Waals surface area contributed by atoms with Gasteiger partial charge < -0.3 is 10.1 Å². The van der Waals surface area contributed by atoms with E-state index < -0.39 is 0 Å². The number of carbonyl (C=O) groups is 1. The predicted octanol–water partition coefficient (Wildman–Crippen LogP) is 5.04. The van der Waals surface area contributed by atoms with Gasteiger partial charge in [-0.25, -0.2) is 0 Å². The minimum Gasteiger partial charge on any atom is -0.455 e. The predicted molar refractivity (Wildman–Crippen MR) is 86.2 cm³/mol. The molecule has 0 spiro atoms. The highest BCUT2D eigenvalue weighted by Gasteiger charge is 2.12. The topological polar surface area (TPSA) is 38.3 Å². The second kappa shape index (κ2) is 6.64. The zero-order chi connectivity index (χ0) is 15.4. The minimum absolute atomic E-state index is 0.0778. The molecule has 0 unspecified atom stereocenters. The van der Waals surface area contributed by atoms with Gasteiger partial charge in [0.05, 0.1) is 5.69 Å². The van der Waals surface area contributed by atoms with Gasteiger partial charge in [0.15, 0.2) is 5.75 Å². The molecule has 2 aromatic carbocycles. The highest BCUT2D eigenvalue weighted by atomic mass is 35.5. The molecule has 110 valence electrons. The van der Waals surface area contributed by atoms with Gasteiger partial charge in [0.25, 0.3) is 0 Å². The largest absolute Gasteiger partial charge is 0.455 e. The Morgan fingerprint density at radius 2 is 1.81 bits per heavy atom. The van der Waals surface area contributed by atoms with E-state index in [1.54, 1.807) is 18.2 Å². The number of carbonyl (C=O) groups excluding carboxylic acids is 1. The lowest BCUT2D eigenvalue weighted by Crippen LogP contribution is -2.18. The van der Waals surface area contributed by atoms with Crippen LogP contribution in [0.25, 0.3) is 0 Å². The van der Waals surface area contributed by atoms with Crippen molar-refractivity contribution in [1.82, 2.24) is 0 Å². The summed E-state index contributed by atoms with van der Waals surface area (Å²) >= 11 is 6.00. The first-order chi connectivity index (χ1) is 9.95. The molecule has 0 atom stereocenters. The Balaban J connectivity index is 2.26. The van der Waals surface area contributed by atoms with Crippen molar-refractivity contribution in [2.45, 2.75) is 20.8 Å². The summed E-state index contributed by atoms with van der Waals surface area (Å²) in [6.07, 6.45) is 0. The first kappa shape index (κ1) is 15.4. The van der Waals surface area contributed by atoms with Crippen LogP contribution in [0.3, 0.4) is 0 Å². The molecule has 0 aliphatic heterocycles. The molecule has 1 amide bonds. The Hall–Kier alpha value is -2.00. The molecule has 0 aliphatic carbocycles. The second-order valence-corrected chi connectivity index (χ2v) is 5.64. The number of anilines is 1. The van der Waals surface area contributed by atoms with Crippen molar-refractivity contribution in [2.75, 3.05) is 5.32 Å². The summed E-state index contributed by atoms with van der Waals surface area (Å²) in [4.78, 5) is 11.9. The van der Waals surface area contributed by atoms with Crippen molar-refractivity contribution in [1.29, 1.82) is 0 Å². The summed E-state index contributed by atoms with van der Waals surface area (Å²) in [5.74, 6) is 1.09. The molecule has 0 fully saturated rings. The van der Waals surface area contributed by atoms with Crippen LogP contribution in [0.2, 0.25) is 5.02 Å². The van der Waals surface area contributed by atoms with Crippen LogP contribution in [-0.2, 0) is 4.79 Å². The van der Waals surface area contributed by atoms with Crippen molar-refractivity contribution < 1.29 is 9.53 Å². The minimum atomic E-state index is -0.115. The first-order valence-electron chi connectivity index (χ1n) is 6.80. The summed E-state index contributed by atoms with van der Waals surface area (Å²) in [5.41, 5.74) is 1.73. The third-order valence-corrected chi connectivity index (χ3v) is 3.21. The van der Waals surface area contributed by atoms with E-state index in [9.17, 15) is 4.79 Å². The summed E-state index contributed by atoms with van der Waals surface area (Å²) in [5, 5.41) is 3.38. The maximum Gasteiger partial charge on any atom is 0.227 e. The Kier molecular flexibility index (Phi) is 4.86. The van der Waals surface area contributed by atoms with Crippen LogP contribution in [0.4, 0.5) is 5.69 Å². The first-order valence-corrected chi connectivity index (χ1v) is 7.18. The highest BCUT2D eigenvalue weighted by Crippen LogP contribution is 2.32. The fourth-order valence-electron chi connectivity index (χ4n) is 1.70. The van der Waals surface area contributed by atoms with E-state index in [0.29, 0.717) is 22.2 Å². The maximum atomic E-state index is 11.9. The molecule has 0 aromatic heterocycles. The van der Waals surface area contributed by atoms with E-state index in [2.05, 4.69) is 5.32 Å². The summed E-state index contributed by atoms with van der Waals surface area (Å²) in [6.45, 7) is 5.68. The highest BCUT2D eigenvalue weighted by molar-refractivity contribution is 6.31. The number of aryl methyl sites for hydroxylation is 1. The standard InChI is InChI=1S/C17H18ClNO2/c1-11(2)17(20)19-15-10-13(18)6-9-16(15)21-14-7-4-12(3)5-8-14/h4-11H,1-3H3,(H,19,20). The van der Waals surface area contributed by atoms with Gasteiger partial charge >= 0.3 is 0 Å². The van der Waals surface area contributed by atoms with E-state index in [1.807, 2.05) is 45.0 Å². The fraction of sp³-hybridized carbons (Fsp3) is 0.235. The fourth-order valence-corrected chi connectivity index (χ4v) is 1.87. The average Bonchev–Trinajstić information content (AvgIpc) is 2.44. The Morgan fingerprint density at radius 3 is 2.43 bits per heavy atom. The smallest absolute Gasteiger partial charge is 0.227 e. The Labute approximate surface area is 129 Å². The average molecular weight is 304 g/mol. The Morgan fingerprint density at radius 1 is 1.14 bits per heavy atom. The normalized spacial score (nSPS) is 10.5. The van der Waals surface area contributed by atoms with Gasteiger partial charge in [0.1, 0.15) is 5.75 Å². The van der Waals surface area contributed by atoms with Crippen LogP contribution < -0.4 is 10.1 Å². The molecule has 0 saturated heterocycles. The lowest BCUT2D eigenvalue weighted by atomic mass is 10.2. The van der Waals surface area contributed by atoms with Gasteiger partial charge in [0, 0.05) is 10.9 Å². The quantitative estimate of drug-likeness (QED) is 0.859. The second-order valence-electron chi connectivity index (χ2n) is 5.20. The zero-order valence-electron chi connectivity index (χ0n) is 12.3. The van der Waals surface area contributed by atoms with Gasteiger partial charge in [-0.05, 0) is 37.3 Å². The molecule has 1 N–H and O–H groups in total. The lowest BCUT2D eigenvalue weighted by molar-refractivity contribution is -0.118. The van der Waals surface area contributed by atoms with Crippen molar-refractivity contribution in [3.8, 4) is 11.5 Å². The maximum absolute atomic E-state index is 11.9. The molecule has 0 radical (unpaired) electrons. The number of benzene rings is 2. The molecule has 2 aromatic rings. The van der Waals surface area contributed by atoms with Crippen molar-refractivity contribution >= 4 is 23.2 Å². The molecule has 0 aliphatic rings. The van der Waals surface area contributed by atoms with Gasteiger partial charge in [0.2, 0.25) is 5.91 Å². The number of rotatable bonds is 4. The molecule has 0 bridgehead atoms. The van der Waals surface area contributed by atoms with E-state index in [-0.39, 0.29) is 11.8 Å². The van der Waals surface area contributed by atoms with Crippen molar-refractivity contribution in [3.05, 3.63) is 53.1 Å². The van der Waals surface area contributed by atoms with Crippen molar-refractivity contribution in [2.24, 2.45) is 5.92 Å². The Bertz CT molecular complexity index is 636. The SMILES string of the molecule is Cc1ccc(Oc2ccc(Cl)cc2NC(=O)C(C)C)cc1. The number of halogens is 1. The van der Waals surface area contributed by atoms with Gasteiger partial charge in [-0.2, -0.15) is 0 Å². The molecular weight excluding hydrogens is 286 g/mol. The summed E-state index contributed by atoms with van der Waals surface area (Å²) < 4.78 is 5.83. The van der Waals surface area contributed by atoms with Gasteiger partial charge in [-0.15, -0.1) is 0 Å². The summed E-state index contributed by atoms with van der Waals surface area (Å²) in [7, 11) is 0. The molecule has 0 saturated carbocycles. The third kappa shape index (κ3) is 4.23. The van der Waals surface area contributed by atoms with Crippen LogP contribution in [0.1, 0.15) is 19.4 Å². The number of amides is 1. The van der Waals surface area contributed by atoms with Gasteiger partial charge in [-0.1, -0.05) is 43.1 Å². The van der Waals surface area contributed by atoms with E-state index >= 15 is 0 Å². The number of hydrogen-bond donors (Lipinski definition) is 1. The monoisotopic (exact) mass is 303 g/mol. The number of nitrogens with one attached hydrogen (secondary N) is 1. The number of hydrogen-bond acceptors (Lipinski definition) is 2. The van der Waals surface area contributed by atoms with Crippen LogP contribution in [0.15, 0.2) is 42.5 Å². The molecule has 3 nitrogen and oxygen atoms in total. The molecule has 4 heteroatoms. The third-order valence-electron chi connectivity index (χ3n) is 2.97. The van der Waals surface area contributed by atoms with Crippen LogP contribution in [0.5, 0.6) is 11.5 Å².